The van der Waals surface area contributed by atoms with Crippen LogP contribution in [0.25, 0.3) is 11.0 Å². The summed E-state index contributed by atoms with van der Waals surface area (Å²) in [5.41, 5.74) is 17.4. The van der Waals surface area contributed by atoms with Crippen LogP contribution in [0.15, 0.2) is 16.7 Å². The molecule has 5 heteroatoms. The molecule has 62 valence electrons. The van der Waals surface area contributed by atoms with E-state index >= 15 is 0 Å². The number of nitrogens with zero attached hydrogens (tertiary/aromatic N) is 1. The molecule has 2 aromatic heterocycles. The highest BCUT2D eigenvalue weighted by atomic mass is 16.3. The number of rotatable bonds is 0. The first-order chi connectivity index (χ1) is 5.70. The molecule has 5 nitrogen and oxygen atoms in total. The van der Waals surface area contributed by atoms with Crippen molar-refractivity contribution < 1.29 is 4.42 Å². The average Bonchev–Trinajstić information content (AvgIpc) is 2.32. The molecule has 2 rings (SSSR count). The Labute approximate surface area is 68.1 Å². The normalized spacial score (nSPS) is 10.7. The highest BCUT2D eigenvalue weighted by Gasteiger charge is 2.10. The van der Waals surface area contributed by atoms with E-state index in [2.05, 4.69) is 4.98 Å². The van der Waals surface area contributed by atoms with Gasteiger partial charge in [0.15, 0.2) is 11.4 Å². The predicted molar refractivity (Wildman–Crippen MR) is 47.2 cm³/mol. The van der Waals surface area contributed by atoms with Crippen LogP contribution in [-0.4, -0.2) is 4.98 Å². The summed E-state index contributed by atoms with van der Waals surface area (Å²) in [6, 6.07) is 1.71. The lowest BCUT2D eigenvalue weighted by Gasteiger charge is -1.90. The van der Waals surface area contributed by atoms with Gasteiger partial charge in [-0.25, -0.2) is 4.98 Å². The lowest BCUT2D eigenvalue weighted by atomic mass is 10.3. The molecule has 0 aliphatic rings. The van der Waals surface area contributed by atoms with Crippen LogP contribution in [0.2, 0.25) is 0 Å². The van der Waals surface area contributed by atoms with Crippen molar-refractivity contribution in [1.29, 1.82) is 0 Å². The summed E-state index contributed by atoms with van der Waals surface area (Å²) in [4.78, 5) is 3.83. The second-order valence-corrected chi connectivity index (χ2v) is 2.45. The topological polar surface area (TPSA) is 104 Å². The third-order valence-corrected chi connectivity index (χ3v) is 1.70. The standard InChI is InChI=1S/C7H8N4O/c8-4-3-1-2-11-6(9)5(3)12-7(4)10/h1-2H,8,10H2,(H2,9,11). The monoisotopic (exact) mass is 164 g/mol. The summed E-state index contributed by atoms with van der Waals surface area (Å²) in [6.07, 6.45) is 1.56. The van der Waals surface area contributed by atoms with E-state index in [-0.39, 0.29) is 5.88 Å². The number of pyridine rings is 1. The molecule has 0 amide bonds. The van der Waals surface area contributed by atoms with Gasteiger partial charge in [0.2, 0.25) is 5.88 Å². The van der Waals surface area contributed by atoms with E-state index in [0.717, 1.165) is 0 Å². The zero-order valence-corrected chi connectivity index (χ0v) is 6.24. The Hall–Kier alpha value is -1.91. The van der Waals surface area contributed by atoms with Crippen LogP contribution in [0, 0.1) is 0 Å². The van der Waals surface area contributed by atoms with Gasteiger partial charge in [0.05, 0.1) is 5.39 Å². The van der Waals surface area contributed by atoms with Gasteiger partial charge in [-0.3, -0.25) is 0 Å². The SMILES string of the molecule is Nc1oc2c(N)nccc2c1N. The smallest absolute Gasteiger partial charge is 0.215 e. The van der Waals surface area contributed by atoms with Crippen molar-refractivity contribution in [2.45, 2.75) is 0 Å². The first-order valence-corrected chi connectivity index (χ1v) is 3.38. The van der Waals surface area contributed by atoms with Crippen molar-refractivity contribution in [2.75, 3.05) is 17.2 Å². The van der Waals surface area contributed by atoms with Crippen molar-refractivity contribution in [3.05, 3.63) is 12.3 Å². The van der Waals surface area contributed by atoms with Crippen LogP contribution in [-0.2, 0) is 0 Å². The number of fused-ring (bicyclic) bond motifs is 1. The van der Waals surface area contributed by atoms with Gasteiger partial charge in [0.1, 0.15) is 5.69 Å². The molecule has 0 atom stereocenters. The molecule has 0 radical (unpaired) electrons. The molecule has 0 aromatic carbocycles. The Morgan fingerprint density at radius 3 is 2.67 bits per heavy atom. The van der Waals surface area contributed by atoms with E-state index in [0.29, 0.717) is 22.5 Å². The molecule has 0 bridgehead atoms. The van der Waals surface area contributed by atoms with Gasteiger partial charge in [-0.2, -0.15) is 0 Å². The molecule has 6 N–H and O–H groups in total. The lowest BCUT2D eigenvalue weighted by molar-refractivity contribution is 0.638. The van der Waals surface area contributed by atoms with Crippen LogP contribution in [0.5, 0.6) is 0 Å². The van der Waals surface area contributed by atoms with Gasteiger partial charge in [-0.05, 0) is 6.07 Å². The minimum Gasteiger partial charge on any atom is -0.435 e. The molecule has 0 unspecified atom stereocenters. The van der Waals surface area contributed by atoms with Crippen molar-refractivity contribution in [1.82, 2.24) is 4.98 Å². The van der Waals surface area contributed by atoms with E-state index in [1.54, 1.807) is 12.3 Å². The Balaban J connectivity index is 2.95. The van der Waals surface area contributed by atoms with Crippen molar-refractivity contribution in [3.63, 3.8) is 0 Å². The maximum atomic E-state index is 5.61. The third-order valence-electron chi connectivity index (χ3n) is 1.70. The number of anilines is 3. The van der Waals surface area contributed by atoms with Crippen LogP contribution in [0.1, 0.15) is 0 Å². The fraction of sp³-hybridized carbons (Fsp3) is 0. The van der Waals surface area contributed by atoms with E-state index in [1.165, 1.54) is 0 Å². The summed E-state index contributed by atoms with van der Waals surface area (Å²) in [5, 5.41) is 0.708. The molecule has 2 heterocycles. The van der Waals surface area contributed by atoms with E-state index in [9.17, 15) is 0 Å². The molecular formula is C7H8N4O. The number of aromatic nitrogens is 1. The maximum Gasteiger partial charge on any atom is 0.215 e. The predicted octanol–water partition coefficient (Wildman–Crippen LogP) is 0.574. The van der Waals surface area contributed by atoms with E-state index in [4.69, 9.17) is 21.6 Å². The van der Waals surface area contributed by atoms with Crippen molar-refractivity contribution in [3.8, 4) is 0 Å². The minimum atomic E-state index is 0.185. The Bertz CT molecular complexity index is 434. The Morgan fingerprint density at radius 1 is 1.25 bits per heavy atom. The minimum absolute atomic E-state index is 0.185. The van der Waals surface area contributed by atoms with Gasteiger partial charge in [-0.1, -0.05) is 0 Å². The summed E-state index contributed by atoms with van der Waals surface area (Å²) in [7, 11) is 0. The molecule has 0 aliphatic heterocycles. The van der Waals surface area contributed by atoms with Crippen molar-refractivity contribution >= 4 is 28.4 Å². The highest BCUT2D eigenvalue weighted by Crippen LogP contribution is 2.31. The van der Waals surface area contributed by atoms with E-state index in [1.807, 2.05) is 0 Å². The quantitative estimate of drug-likeness (QED) is 0.528. The molecule has 0 saturated heterocycles. The first-order valence-electron chi connectivity index (χ1n) is 3.38. The molecule has 0 aliphatic carbocycles. The molecule has 2 aromatic rings. The summed E-state index contributed by atoms with van der Waals surface area (Å²) >= 11 is 0. The molecular weight excluding hydrogens is 156 g/mol. The fourth-order valence-corrected chi connectivity index (χ4v) is 1.08. The van der Waals surface area contributed by atoms with Gasteiger partial charge in [0, 0.05) is 6.20 Å². The van der Waals surface area contributed by atoms with Crippen LogP contribution in [0.4, 0.5) is 17.4 Å². The Kier molecular flexibility index (Phi) is 1.15. The fourth-order valence-electron chi connectivity index (χ4n) is 1.08. The lowest BCUT2D eigenvalue weighted by Crippen LogP contribution is -1.90. The van der Waals surface area contributed by atoms with Crippen LogP contribution >= 0.6 is 0 Å². The molecule has 0 fully saturated rings. The largest absolute Gasteiger partial charge is 0.435 e. The maximum absolute atomic E-state index is 5.61. The number of hydrogen-bond acceptors (Lipinski definition) is 5. The molecule has 0 spiro atoms. The number of nitrogen functional groups attached to an aromatic ring is 3. The van der Waals surface area contributed by atoms with Gasteiger partial charge in [-0.15, -0.1) is 0 Å². The van der Waals surface area contributed by atoms with Gasteiger partial charge >= 0.3 is 0 Å². The summed E-state index contributed by atoms with van der Waals surface area (Å²) in [6.45, 7) is 0. The van der Waals surface area contributed by atoms with E-state index < -0.39 is 0 Å². The third kappa shape index (κ3) is 0.701. The molecule has 0 saturated carbocycles. The zero-order valence-electron chi connectivity index (χ0n) is 6.24. The second kappa shape index (κ2) is 2.04. The second-order valence-electron chi connectivity index (χ2n) is 2.45. The summed E-state index contributed by atoms with van der Waals surface area (Å²) in [5.74, 6) is 0.487. The molecule has 12 heavy (non-hydrogen) atoms. The van der Waals surface area contributed by atoms with Gasteiger partial charge in [0.25, 0.3) is 0 Å². The number of furan rings is 1. The average molecular weight is 164 g/mol. The zero-order chi connectivity index (χ0) is 8.72. The van der Waals surface area contributed by atoms with Crippen LogP contribution < -0.4 is 17.2 Å². The van der Waals surface area contributed by atoms with Crippen LogP contribution in [0.3, 0.4) is 0 Å². The van der Waals surface area contributed by atoms with Crippen molar-refractivity contribution in [2.24, 2.45) is 0 Å². The highest BCUT2D eigenvalue weighted by molar-refractivity contribution is 5.99. The number of hydrogen-bond donors (Lipinski definition) is 3. The first kappa shape index (κ1) is 6.78. The Morgan fingerprint density at radius 2 is 2.00 bits per heavy atom. The number of nitrogens with two attached hydrogens (primary N) is 3. The van der Waals surface area contributed by atoms with Gasteiger partial charge < -0.3 is 21.6 Å². The summed E-state index contributed by atoms with van der Waals surface area (Å²) < 4.78 is 5.09.